The molecular formula is C35H34N8O3. The zero-order valence-corrected chi connectivity index (χ0v) is 25.7. The molecule has 3 aliphatic rings. The van der Waals surface area contributed by atoms with Crippen molar-refractivity contribution < 1.29 is 14.6 Å². The number of aryl methyl sites for hydroxylation is 1. The standard InChI is InChI=1S/C35H34N8O3/c1-41-32-26(12-22(14-30(32)46-2)35(45)43-17-21-7-10-27(43)31(21)36)39-34(41)28-13-20-6-8-24(38-33(20)42(28)16-18-3-4-18)19-5-9-25-23(11-19)29(44)15-37-40-25/h5-6,8-9,11-15,18,21,27,31H,3-4,7,10,16-17,36H2,1-2H3,(H,40,44)/t21?,27?,31-/m1/s1. The smallest absolute Gasteiger partial charge is 0.254 e. The number of nitrogens with two attached hydrogens (primary N) is 1. The number of rotatable bonds is 6. The Kier molecular flexibility index (Phi) is 5.92. The van der Waals surface area contributed by atoms with Gasteiger partial charge in [0.25, 0.3) is 5.91 Å². The summed E-state index contributed by atoms with van der Waals surface area (Å²) in [6, 6.07) is 15.9. The van der Waals surface area contributed by atoms with Crippen LogP contribution in [-0.2, 0) is 13.6 Å². The van der Waals surface area contributed by atoms with Gasteiger partial charge >= 0.3 is 0 Å². The molecule has 2 aliphatic carbocycles. The zero-order valence-electron chi connectivity index (χ0n) is 25.7. The number of aromatic nitrogens is 6. The van der Waals surface area contributed by atoms with Crippen molar-refractivity contribution in [1.29, 1.82) is 0 Å². The predicted molar refractivity (Wildman–Crippen MR) is 174 cm³/mol. The van der Waals surface area contributed by atoms with E-state index in [1.54, 1.807) is 7.11 Å². The number of imidazole rings is 1. The van der Waals surface area contributed by atoms with Crippen LogP contribution in [0, 0.1) is 11.8 Å². The first-order valence-corrected chi connectivity index (χ1v) is 15.9. The molecule has 2 saturated carbocycles. The Hall–Kier alpha value is -5.03. The second-order valence-corrected chi connectivity index (χ2v) is 13.1. The lowest BCUT2D eigenvalue weighted by Crippen LogP contribution is -2.41. The molecule has 0 spiro atoms. The molecule has 46 heavy (non-hydrogen) atoms. The fourth-order valence-electron chi connectivity index (χ4n) is 7.69. The van der Waals surface area contributed by atoms with Gasteiger partial charge in [0.05, 0.1) is 35.7 Å². The van der Waals surface area contributed by atoms with Crippen LogP contribution in [0.1, 0.15) is 36.0 Å². The van der Waals surface area contributed by atoms with Gasteiger partial charge in [0.15, 0.2) is 5.82 Å². The number of nitrogens with zero attached hydrogens (tertiary/aromatic N) is 7. The molecule has 1 saturated heterocycles. The number of hydrogen-bond donors (Lipinski definition) is 2. The molecule has 6 aromatic rings. The Morgan fingerprint density at radius 2 is 1.91 bits per heavy atom. The van der Waals surface area contributed by atoms with E-state index in [9.17, 15) is 9.90 Å². The summed E-state index contributed by atoms with van der Waals surface area (Å²) >= 11 is 0. The Balaban J connectivity index is 1.16. The number of carbonyl (C=O) groups is 1. The Labute approximate surface area is 264 Å². The predicted octanol–water partition coefficient (Wildman–Crippen LogP) is 4.89. The van der Waals surface area contributed by atoms with Crippen LogP contribution in [0.25, 0.3) is 55.7 Å². The number of methoxy groups -OCH3 is 1. The highest BCUT2D eigenvalue weighted by Crippen LogP contribution is 2.40. The summed E-state index contributed by atoms with van der Waals surface area (Å²) < 4.78 is 10.2. The van der Waals surface area contributed by atoms with Crippen molar-refractivity contribution in [2.45, 2.75) is 44.3 Å². The fourth-order valence-corrected chi connectivity index (χ4v) is 7.69. The summed E-state index contributed by atoms with van der Waals surface area (Å²) in [4.78, 5) is 26.0. The third kappa shape index (κ3) is 4.11. The highest BCUT2D eigenvalue weighted by molar-refractivity contribution is 6.00. The van der Waals surface area contributed by atoms with Gasteiger partial charge in [-0.05, 0) is 80.0 Å². The molecule has 3 N–H and O–H groups in total. The van der Waals surface area contributed by atoms with Crippen LogP contribution in [0.15, 0.2) is 54.7 Å². The first kappa shape index (κ1) is 27.3. The van der Waals surface area contributed by atoms with Gasteiger partial charge in [0, 0.05) is 54.1 Å². The van der Waals surface area contributed by atoms with Gasteiger partial charge in [-0.1, -0.05) is 6.07 Å². The van der Waals surface area contributed by atoms with Gasteiger partial charge in [-0.25, -0.2) is 9.97 Å². The van der Waals surface area contributed by atoms with E-state index < -0.39 is 0 Å². The van der Waals surface area contributed by atoms with E-state index in [1.807, 2.05) is 48.3 Å². The highest BCUT2D eigenvalue weighted by atomic mass is 16.5. The molecule has 232 valence electrons. The number of aromatic hydroxyl groups is 1. The van der Waals surface area contributed by atoms with Gasteiger partial charge in [-0.15, -0.1) is 0 Å². The number of hydrogen-bond acceptors (Lipinski definition) is 8. The van der Waals surface area contributed by atoms with Crippen molar-refractivity contribution in [2.24, 2.45) is 24.6 Å². The van der Waals surface area contributed by atoms with Crippen molar-refractivity contribution in [2.75, 3.05) is 13.7 Å². The number of fused-ring (bicyclic) bond motifs is 5. The van der Waals surface area contributed by atoms with E-state index >= 15 is 0 Å². The van der Waals surface area contributed by atoms with Crippen molar-refractivity contribution in [3.8, 4) is 34.3 Å². The summed E-state index contributed by atoms with van der Waals surface area (Å²) in [5.74, 6) is 2.45. The minimum Gasteiger partial charge on any atom is -0.506 e. The molecule has 11 heteroatoms. The summed E-state index contributed by atoms with van der Waals surface area (Å²) in [5.41, 5.74) is 12.7. The monoisotopic (exact) mass is 614 g/mol. The van der Waals surface area contributed by atoms with E-state index in [0.29, 0.717) is 46.1 Å². The molecule has 3 atom stereocenters. The number of piperidine rings is 1. The van der Waals surface area contributed by atoms with Crippen LogP contribution in [0.5, 0.6) is 11.5 Å². The number of benzene rings is 2. The molecule has 3 fully saturated rings. The Morgan fingerprint density at radius 3 is 2.67 bits per heavy atom. The minimum atomic E-state index is -0.0105. The van der Waals surface area contributed by atoms with Crippen molar-refractivity contribution in [3.63, 3.8) is 0 Å². The van der Waals surface area contributed by atoms with Crippen molar-refractivity contribution in [1.82, 2.24) is 34.2 Å². The number of pyridine rings is 1. The molecule has 2 bridgehead atoms. The first-order valence-electron chi connectivity index (χ1n) is 15.9. The molecule has 5 heterocycles. The van der Waals surface area contributed by atoms with Crippen LogP contribution < -0.4 is 10.5 Å². The zero-order chi connectivity index (χ0) is 31.3. The van der Waals surface area contributed by atoms with Crippen LogP contribution in [0.2, 0.25) is 0 Å². The highest BCUT2D eigenvalue weighted by Gasteiger charge is 2.47. The van der Waals surface area contributed by atoms with Gasteiger partial charge in [-0.3, -0.25) is 4.79 Å². The third-order valence-corrected chi connectivity index (χ3v) is 10.3. The molecule has 9 rings (SSSR count). The van der Waals surface area contributed by atoms with Crippen LogP contribution in [0.3, 0.4) is 0 Å². The molecule has 2 aromatic carbocycles. The van der Waals surface area contributed by atoms with Crippen LogP contribution in [-0.4, -0.2) is 71.0 Å². The second-order valence-electron chi connectivity index (χ2n) is 13.1. The molecular weight excluding hydrogens is 580 g/mol. The number of ether oxygens (including phenoxy) is 1. The van der Waals surface area contributed by atoms with Gasteiger partial charge in [-0.2, -0.15) is 10.2 Å². The molecule has 11 nitrogen and oxygen atoms in total. The number of likely N-dealkylation sites (tertiary alicyclic amines) is 1. The number of carbonyl (C=O) groups excluding carboxylic acids is 1. The average molecular weight is 615 g/mol. The molecule has 2 unspecified atom stereocenters. The summed E-state index contributed by atoms with van der Waals surface area (Å²) in [6.45, 7) is 1.55. The largest absolute Gasteiger partial charge is 0.506 e. The van der Waals surface area contributed by atoms with Gasteiger partial charge < -0.3 is 29.6 Å². The fraction of sp³-hybridized carbons (Fsp3) is 0.343. The molecule has 0 radical (unpaired) electrons. The Morgan fingerprint density at radius 1 is 1.04 bits per heavy atom. The Bertz CT molecular complexity index is 2220. The van der Waals surface area contributed by atoms with Gasteiger partial charge in [0.2, 0.25) is 0 Å². The lowest BCUT2D eigenvalue weighted by molar-refractivity contribution is 0.0700. The maximum absolute atomic E-state index is 13.7. The van der Waals surface area contributed by atoms with Crippen molar-refractivity contribution >= 4 is 38.9 Å². The maximum Gasteiger partial charge on any atom is 0.254 e. The van der Waals surface area contributed by atoms with Crippen LogP contribution in [0.4, 0.5) is 0 Å². The first-order chi connectivity index (χ1) is 22.4. The summed E-state index contributed by atoms with van der Waals surface area (Å²) in [7, 11) is 3.63. The van der Waals surface area contributed by atoms with Gasteiger partial charge in [0.1, 0.15) is 22.7 Å². The molecule has 1 aliphatic heterocycles. The van der Waals surface area contributed by atoms with E-state index in [1.165, 1.54) is 19.0 Å². The maximum atomic E-state index is 13.7. The van der Waals surface area contributed by atoms with Crippen molar-refractivity contribution in [3.05, 3.63) is 60.3 Å². The summed E-state index contributed by atoms with van der Waals surface area (Å²) in [6.07, 6.45) is 5.78. The lowest BCUT2D eigenvalue weighted by Gasteiger charge is -2.27. The third-order valence-electron chi connectivity index (χ3n) is 10.3. The van der Waals surface area contributed by atoms with E-state index in [0.717, 1.165) is 58.7 Å². The number of amides is 1. The lowest BCUT2D eigenvalue weighted by atomic mass is 10.1. The normalized spacial score (nSPS) is 20.8. The topological polar surface area (TPSA) is 137 Å². The second kappa shape index (κ2) is 9.98. The van der Waals surface area contributed by atoms with E-state index in [2.05, 4.69) is 31.5 Å². The van der Waals surface area contributed by atoms with E-state index in [-0.39, 0.29) is 23.7 Å². The summed E-state index contributed by atoms with van der Waals surface area (Å²) in [5, 5.41) is 20.0. The molecule has 1 amide bonds. The quantitative estimate of drug-likeness (QED) is 0.271. The average Bonchev–Trinajstić information content (AvgIpc) is 3.48. The minimum absolute atomic E-state index is 0.0105. The van der Waals surface area contributed by atoms with E-state index in [4.69, 9.17) is 20.4 Å². The molecule has 4 aromatic heterocycles. The van der Waals surface area contributed by atoms with Crippen LogP contribution >= 0.6 is 0 Å². The SMILES string of the molecule is COc1cc(C(=O)N2CC3CCC2[C@@H]3N)cc2nc(-c3cc4ccc(-c5ccc6nncc(O)c6c5)nc4n3CC3CC3)n(C)c12.